The van der Waals surface area contributed by atoms with Gasteiger partial charge in [0.05, 0.1) is 0 Å². The molecule has 0 saturated heterocycles. The number of hydrogen-bond donors (Lipinski definition) is 1. The molecule has 0 bridgehead atoms. The van der Waals surface area contributed by atoms with Crippen molar-refractivity contribution in [3.63, 3.8) is 0 Å². The SMILES string of the molecule is CCCNC(C)CCCCn1c2c(ccc1=O)CCC2. The van der Waals surface area contributed by atoms with Gasteiger partial charge in [0.25, 0.3) is 5.56 Å². The Morgan fingerprint density at radius 1 is 1.30 bits per heavy atom. The molecule has 2 rings (SSSR count). The van der Waals surface area contributed by atoms with Crippen LogP contribution < -0.4 is 10.9 Å². The zero-order valence-electron chi connectivity index (χ0n) is 13.0. The van der Waals surface area contributed by atoms with E-state index in [0.717, 1.165) is 32.4 Å². The Morgan fingerprint density at radius 3 is 2.95 bits per heavy atom. The molecule has 1 atom stereocenters. The van der Waals surface area contributed by atoms with E-state index < -0.39 is 0 Å². The molecule has 1 aliphatic carbocycles. The molecular weight excluding hydrogens is 248 g/mol. The van der Waals surface area contributed by atoms with Gasteiger partial charge in [-0.05, 0) is 57.6 Å². The lowest BCUT2D eigenvalue weighted by Crippen LogP contribution is -2.27. The molecule has 1 aromatic heterocycles. The quantitative estimate of drug-likeness (QED) is 0.741. The molecule has 112 valence electrons. The van der Waals surface area contributed by atoms with Crippen LogP contribution in [0.2, 0.25) is 0 Å². The largest absolute Gasteiger partial charge is 0.314 e. The van der Waals surface area contributed by atoms with E-state index in [1.165, 1.54) is 36.9 Å². The third kappa shape index (κ3) is 3.95. The normalized spacial score (nSPS) is 15.3. The minimum absolute atomic E-state index is 0.183. The van der Waals surface area contributed by atoms with Gasteiger partial charge in [0, 0.05) is 24.3 Å². The van der Waals surface area contributed by atoms with Crippen LogP contribution in [0.1, 0.15) is 57.2 Å². The molecule has 1 unspecified atom stereocenters. The number of fused-ring (bicyclic) bond motifs is 1. The second-order valence-electron chi connectivity index (χ2n) is 6.00. The van der Waals surface area contributed by atoms with E-state index in [-0.39, 0.29) is 5.56 Å². The molecule has 1 heterocycles. The van der Waals surface area contributed by atoms with E-state index in [0.29, 0.717) is 6.04 Å². The average molecular weight is 276 g/mol. The van der Waals surface area contributed by atoms with E-state index in [1.807, 2.05) is 10.6 Å². The molecule has 20 heavy (non-hydrogen) atoms. The maximum Gasteiger partial charge on any atom is 0.250 e. The predicted octanol–water partition coefficient (Wildman–Crippen LogP) is 2.90. The molecule has 0 amide bonds. The van der Waals surface area contributed by atoms with Crippen molar-refractivity contribution in [1.82, 2.24) is 9.88 Å². The predicted molar refractivity (Wildman–Crippen MR) is 84.3 cm³/mol. The van der Waals surface area contributed by atoms with Gasteiger partial charge in [0.1, 0.15) is 0 Å². The maximum absolute atomic E-state index is 12.0. The highest BCUT2D eigenvalue weighted by Crippen LogP contribution is 2.20. The van der Waals surface area contributed by atoms with Crippen LogP contribution in [0, 0.1) is 0 Å². The van der Waals surface area contributed by atoms with Crippen LogP contribution in [-0.4, -0.2) is 17.2 Å². The molecule has 0 aliphatic heterocycles. The number of aromatic nitrogens is 1. The van der Waals surface area contributed by atoms with E-state index >= 15 is 0 Å². The Kier molecular flexibility index (Phi) is 5.84. The molecule has 3 nitrogen and oxygen atoms in total. The Morgan fingerprint density at radius 2 is 2.15 bits per heavy atom. The van der Waals surface area contributed by atoms with Gasteiger partial charge >= 0.3 is 0 Å². The van der Waals surface area contributed by atoms with Crippen molar-refractivity contribution in [2.24, 2.45) is 0 Å². The summed E-state index contributed by atoms with van der Waals surface area (Å²) in [5.41, 5.74) is 2.88. The summed E-state index contributed by atoms with van der Waals surface area (Å²) in [5, 5.41) is 3.52. The first kappa shape index (κ1) is 15.3. The molecule has 0 fully saturated rings. The second-order valence-corrected chi connectivity index (χ2v) is 6.00. The van der Waals surface area contributed by atoms with Crippen LogP contribution >= 0.6 is 0 Å². The minimum Gasteiger partial charge on any atom is -0.314 e. The lowest BCUT2D eigenvalue weighted by Gasteiger charge is -2.14. The molecule has 0 spiro atoms. The monoisotopic (exact) mass is 276 g/mol. The maximum atomic E-state index is 12.0. The lowest BCUT2D eigenvalue weighted by molar-refractivity contribution is 0.470. The van der Waals surface area contributed by atoms with E-state index in [4.69, 9.17) is 0 Å². The molecule has 3 heteroatoms. The number of pyridine rings is 1. The van der Waals surface area contributed by atoms with Gasteiger partial charge in [-0.3, -0.25) is 4.79 Å². The van der Waals surface area contributed by atoms with Crippen LogP contribution in [0.5, 0.6) is 0 Å². The molecular formula is C17H28N2O. The van der Waals surface area contributed by atoms with Gasteiger partial charge in [-0.25, -0.2) is 0 Å². The second kappa shape index (κ2) is 7.63. The van der Waals surface area contributed by atoms with Gasteiger partial charge in [-0.2, -0.15) is 0 Å². The van der Waals surface area contributed by atoms with Crippen LogP contribution in [0.25, 0.3) is 0 Å². The molecule has 1 N–H and O–H groups in total. The first-order valence-corrected chi connectivity index (χ1v) is 8.17. The average Bonchev–Trinajstić information content (AvgIpc) is 2.91. The number of rotatable bonds is 8. The van der Waals surface area contributed by atoms with Crippen LogP contribution in [0.15, 0.2) is 16.9 Å². The van der Waals surface area contributed by atoms with Crippen molar-refractivity contribution in [3.05, 3.63) is 33.7 Å². The fourth-order valence-corrected chi connectivity index (χ4v) is 3.09. The summed E-state index contributed by atoms with van der Waals surface area (Å²) < 4.78 is 2.02. The van der Waals surface area contributed by atoms with E-state index in [1.54, 1.807) is 6.07 Å². The van der Waals surface area contributed by atoms with Gasteiger partial charge < -0.3 is 9.88 Å². The first-order chi connectivity index (χ1) is 9.72. The first-order valence-electron chi connectivity index (χ1n) is 8.17. The topological polar surface area (TPSA) is 34.0 Å². The molecule has 1 aromatic rings. The van der Waals surface area contributed by atoms with Crippen LogP contribution in [0.4, 0.5) is 0 Å². The van der Waals surface area contributed by atoms with Gasteiger partial charge in [-0.15, -0.1) is 0 Å². The summed E-state index contributed by atoms with van der Waals surface area (Å²) in [6, 6.07) is 4.36. The fourth-order valence-electron chi connectivity index (χ4n) is 3.09. The van der Waals surface area contributed by atoms with Crippen molar-refractivity contribution in [1.29, 1.82) is 0 Å². The molecule has 0 aromatic carbocycles. The summed E-state index contributed by atoms with van der Waals surface area (Å²) in [5.74, 6) is 0. The van der Waals surface area contributed by atoms with Crippen molar-refractivity contribution < 1.29 is 0 Å². The zero-order chi connectivity index (χ0) is 14.4. The van der Waals surface area contributed by atoms with E-state index in [9.17, 15) is 4.79 Å². The number of nitrogens with one attached hydrogen (secondary N) is 1. The number of unbranched alkanes of at least 4 members (excludes halogenated alkanes) is 1. The molecule has 0 saturated carbocycles. The Labute approximate surface area is 122 Å². The van der Waals surface area contributed by atoms with Crippen LogP contribution in [0.3, 0.4) is 0 Å². The summed E-state index contributed by atoms with van der Waals surface area (Å²) >= 11 is 0. The Bertz CT molecular complexity index is 478. The van der Waals surface area contributed by atoms with Crippen LogP contribution in [-0.2, 0) is 19.4 Å². The third-order valence-corrected chi connectivity index (χ3v) is 4.26. The highest BCUT2D eigenvalue weighted by atomic mass is 16.1. The van der Waals surface area contributed by atoms with Crippen molar-refractivity contribution in [3.8, 4) is 0 Å². The summed E-state index contributed by atoms with van der Waals surface area (Å²) in [4.78, 5) is 12.0. The summed E-state index contributed by atoms with van der Waals surface area (Å²) in [6.45, 7) is 6.44. The summed E-state index contributed by atoms with van der Waals surface area (Å²) in [6.07, 6.45) is 8.12. The smallest absolute Gasteiger partial charge is 0.250 e. The molecule has 1 aliphatic rings. The highest BCUT2D eigenvalue weighted by molar-refractivity contribution is 5.25. The van der Waals surface area contributed by atoms with Crippen molar-refractivity contribution >= 4 is 0 Å². The Balaban J connectivity index is 1.80. The van der Waals surface area contributed by atoms with Gasteiger partial charge in [-0.1, -0.05) is 19.4 Å². The van der Waals surface area contributed by atoms with Crippen molar-refractivity contribution in [2.75, 3.05) is 6.54 Å². The van der Waals surface area contributed by atoms with Crippen molar-refractivity contribution in [2.45, 2.75) is 71.4 Å². The molecule has 0 radical (unpaired) electrons. The van der Waals surface area contributed by atoms with Gasteiger partial charge in [0.2, 0.25) is 0 Å². The minimum atomic E-state index is 0.183. The van der Waals surface area contributed by atoms with Gasteiger partial charge in [0.15, 0.2) is 0 Å². The summed E-state index contributed by atoms with van der Waals surface area (Å²) in [7, 11) is 0. The Hall–Kier alpha value is -1.09. The third-order valence-electron chi connectivity index (χ3n) is 4.26. The number of nitrogens with zero attached hydrogens (tertiary/aromatic N) is 1. The highest BCUT2D eigenvalue weighted by Gasteiger charge is 2.15. The zero-order valence-corrected chi connectivity index (χ0v) is 13.0. The standard InChI is InChI=1S/C17H28N2O/c1-3-12-18-14(2)7-4-5-13-19-16-9-6-8-15(16)10-11-17(19)20/h10-11,14,18H,3-9,12-13H2,1-2H3. The fraction of sp³-hybridized carbons (Fsp3) is 0.706. The number of aryl methyl sites for hydroxylation is 1. The number of hydrogen-bond acceptors (Lipinski definition) is 2. The lowest BCUT2D eigenvalue weighted by atomic mass is 10.1. The van der Waals surface area contributed by atoms with E-state index in [2.05, 4.69) is 19.2 Å².